The molecular weight excluding hydrogens is 593 g/mol. The first-order chi connectivity index (χ1) is 19.7. The first-order valence-electron chi connectivity index (χ1n) is 14.0. The Morgan fingerprint density at radius 1 is 1.00 bits per heavy atom. The molecule has 0 heterocycles. The van der Waals surface area contributed by atoms with Crippen molar-refractivity contribution in [2.24, 2.45) is 5.92 Å². The maximum absolute atomic E-state index is 13.4. The van der Waals surface area contributed by atoms with Crippen LogP contribution in [-0.2, 0) is 24.3 Å². The summed E-state index contributed by atoms with van der Waals surface area (Å²) >= 11 is 8.74. The number of carbonyl (C=O) groups excluding carboxylic acids is 2. The molecule has 2 aromatic carbocycles. The van der Waals surface area contributed by atoms with Crippen LogP contribution in [0.3, 0.4) is 0 Å². The van der Waals surface area contributed by atoms with Crippen molar-refractivity contribution >= 4 is 64.1 Å². The van der Waals surface area contributed by atoms with Gasteiger partial charge in [-0.05, 0) is 64.4 Å². The number of rotatable bonds is 17. The second kappa shape index (κ2) is 16.6. The second-order valence-corrected chi connectivity index (χ2v) is 14.3. The van der Waals surface area contributed by atoms with Gasteiger partial charge in [0, 0.05) is 60.3 Å². The van der Waals surface area contributed by atoms with Gasteiger partial charge < -0.3 is 19.4 Å². The number of thiol groups is 2. The molecule has 0 aromatic heterocycles. The maximum atomic E-state index is 13.4. The first-order valence-corrected chi connectivity index (χ1v) is 16.5. The van der Waals surface area contributed by atoms with Gasteiger partial charge in [0.05, 0.1) is 11.5 Å². The fourth-order valence-electron chi connectivity index (χ4n) is 4.77. The van der Waals surface area contributed by atoms with E-state index in [1.54, 1.807) is 23.1 Å². The van der Waals surface area contributed by atoms with Gasteiger partial charge in [0.25, 0.3) is 0 Å². The quantitative estimate of drug-likeness (QED) is 0.102. The van der Waals surface area contributed by atoms with Crippen LogP contribution in [0.15, 0.2) is 52.6 Å². The average Bonchev–Trinajstić information content (AvgIpc) is 2.92. The van der Waals surface area contributed by atoms with E-state index in [2.05, 4.69) is 36.9 Å². The Hall–Kier alpha value is -2.25. The largest absolute Gasteiger partial charge is 0.464 e. The summed E-state index contributed by atoms with van der Waals surface area (Å²) in [6, 6.07) is 9.46. The first kappa shape index (κ1) is 35.9. The summed E-state index contributed by atoms with van der Waals surface area (Å²) in [5.41, 5.74) is 2.71. The molecule has 9 nitrogen and oxygen atoms in total. The molecule has 234 valence electrons. The van der Waals surface area contributed by atoms with Crippen LogP contribution in [0.5, 0.6) is 0 Å². The van der Waals surface area contributed by atoms with Crippen LogP contribution >= 0.6 is 25.3 Å². The number of amides is 1. The molecule has 0 spiro atoms. The van der Waals surface area contributed by atoms with Crippen molar-refractivity contribution < 1.29 is 22.7 Å². The lowest BCUT2D eigenvalue weighted by atomic mass is 9.92. The number of likely N-dealkylation sites (N-methyl/N-ethyl adjacent to an activating group) is 1. The van der Waals surface area contributed by atoms with Gasteiger partial charge in [0.15, 0.2) is 0 Å². The van der Waals surface area contributed by atoms with Gasteiger partial charge in [-0.25, -0.2) is 8.42 Å². The molecule has 0 saturated carbocycles. The van der Waals surface area contributed by atoms with E-state index in [0.717, 1.165) is 41.6 Å². The molecule has 0 fully saturated rings. The third-order valence-electron chi connectivity index (χ3n) is 7.20. The van der Waals surface area contributed by atoms with Gasteiger partial charge in [0.2, 0.25) is 16.4 Å². The van der Waals surface area contributed by atoms with E-state index in [0.29, 0.717) is 24.9 Å². The summed E-state index contributed by atoms with van der Waals surface area (Å²) in [7, 11) is 3.65. The number of anilines is 1. The zero-order valence-corrected chi connectivity index (χ0v) is 28.3. The van der Waals surface area contributed by atoms with E-state index in [1.165, 1.54) is 13.0 Å². The molecule has 1 N–H and O–H groups in total. The predicted octanol–water partition coefficient (Wildman–Crippen LogP) is 4.40. The lowest BCUT2D eigenvalue weighted by Crippen LogP contribution is -2.39. The SMILES string of the molecule is CC(=C(CCOC(=O)C(C)NS(=O)(=O)c1cccc2c(N(C)C)cccc12)C(C)CCC(S)S)N(C=O)CCN(C)C. The number of nitrogens with zero attached hydrogens (tertiary/aromatic N) is 3. The van der Waals surface area contributed by atoms with Crippen molar-refractivity contribution in [2.45, 2.75) is 55.6 Å². The molecular formula is C30H46N4O5S3. The van der Waals surface area contributed by atoms with E-state index in [1.807, 2.05) is 57.0 Å². The summed E-state index contributed by atoms with van der Waals surface area (Å²) in [6.45, 7) is 6.72. The van der Waals surface area contributed by atoms with Gasteiger partial charge >= 0.3 is 5.97 Å². The van der Waals surface area contributed by atoms with Crippen LogP contribution in [0.25, 0.3) is 10.8 Å². The molecule has 0 aliphatic rings. The maximum Gasteiger partial charge on any atom is 0.323 e. The van der Waals surface area contributed by atoms with Crippen LogP contribution in [0.1, 0.15) is 40.0 Å². The average molecular weight is 639 g/mol. The normalized spacial score (nSPS) is 14.1. The van der Waals surface area contributed by atoms with E-state index in [4.69, 9.17) is 4.74 Å². The van der Waals surface area contributed by atoms with Gasteiger partial charge in [-0.3, -0.25) is 9.59 Å². The minimum absolute atomic E-state index is 0.0495. The summed E-state index contributed by atoms with van der Waals surface area (Å²) in [5, 5.41) is 1.36. The third kappa shape index (κ3) is 10.2. The van der Waals surface area contributed by atoms with Gasteiger partial charge in [-0.15, -0.1) is 0 Å². The summed E-state index contributed by atoms with van der Waals surface area (Å²) < 4.78 is 34.7. The highest BCUT2D eigenvalue weighted by Crippen LogP contribution is 2.30. The monoisotopic (exact) mass is 638 g/mol. The number of fused-ring (bicyclic) bond motifs is 1. The number of nitrogens with one attached hydrogen (secondary N) is 1. The number of allylic oxidation sites excluding steroid dienone is 1. The van der Waals surface area contributed by atoms with Crippen molar-refractivity contribution in [3.05, 3.63) is 47.7 Å². The Bertz CT molecular complexity index is 1350. The Morgan fingerprint density at radius 3 is 2.24 bits per heavy atom. The van der Waals surface area contributed by atoms with Gasteiger partial charge in [0.1, 0.15) is 6.04 Å². The standard InChI is InChI=1S/C30H46N4O5S3/c1-21(14-15-29(40)41)24(23(3)34(20-35)18-17-32(4)5)16-19-39-30(36)22(2)31-42(37,38)28-13-9-10-25-26(28)11-8-12-27(25)33(6)7/h8-13,20-22,29,31,40-41H,14-19H2,1-7H3. The van der Waals surface area contributed by atoms with Crippen molar-refractivity contribution in [3.63, 3.8) is 0 Å². The summed E-state index contributed by atoms with van der Waals surface area (Å²) in [4.78, 5) is 30.5. The topological polar surface area (TPSA) is 99.3 Å². The number of benzene rings is 2. The molecule has 2 rings (SSSR count). The van der Waals surface area contributed by atoms with Gasteiger partial charge in [-0.1, -0.05) is 31.2 Å². The number of hydrogen-bond donors (Lipinski definition) is 3. The second-order valence-electron chi connectivity index (χ2n) is 11.0. The van der Waals surface area contributed by atoms with Crippen molar-refractivity contribution in [2.75, 3.05) is 52.8 Å². The Labute approximate surface area is 262 Å². The molecule has 2 unspecified atom stereocenters. The van der Waals surface area contributed by atoms with Crippen molar-refractivity contribution in [3.8, 4) is 0 Å². The van der Waals surface area contributed by atoms with Crippen LogP contribution in [-0.4, -0.2) is 89.1 Å². The number of carbonyl (C=O) groups is 2. The number of ether oxygens (including phenoxy) is 1. The van der Waals surface area contributed by atoms with E-state index < -0.39 is 22.0 Å². The van der Waals surface area contributed by atoms with E-state index in [-0.39, 0.29) is 22.0 Å². The molecule has 2 aromatic rings. The third-order valence-corrected chi connectivity index (χ3v) is 9.31. The zero-order valence-electron chi connectivity index (χ0n) is 25.7. The van der Waals surface area contributed by atoms with Crippen LogP contribution in [0, 0.1) is 5.92 Å². The Kier molecular flexibility index (Phi) is 14.2. The van der Waals surface area contributed by atoms with Gasteiger partial charge in [-0.2, -0.15) is 30.0 Å². The van der Waals surface area contributed by atoms with Crippen LogP contribution < -0.4 is 9.62 Å². The van der Waals surface area contributed by atoms with E-state index >= 15 is 0 Å². The molecule has 2 atom stereocenters. The Balaban J connectivity index is 2.17. The van der Waals surface area contributed by atoms with Crippen LogP contribution in [0.4, 0.5) is 5.69 Å². The zero-order chi connectivity index (χ0) is 31.6. The molecule has 42 heavy (non-hydrogen) atoms. The van der Waals surface area contributed by atoms with Crippen molar-refractivity contribution in [1.29, 1.82) is 0 Å². The lowest BCUT2D eigenvalue weighted by molar-refractivity contribution is -0.145. The molecule has 0 aliphatic heterocycles. The highest BCUT2D eigenvalue weighted by molar-refractivity contribution is 7.99. The number of hydrogen-bond acceptors (Lipinski definition) is 9. The molecule has 12 heteroatoms. The number of sulfonamides is 1. The van der Waals surface area contributed by atoms with E-state index in [9.17, 15) is 18.0 Å². The number of esters is 1. The summed E-state index contributed by atoms with van der Waals surface area (Å²) in [5.74, 6) is -0.579. The molecule has 0 saturated heterocycles. The molecule has 0 bridgehead atoms. The Morgan fingerprint density at radius 2 is 1.64 bits per heavy atom. The minimum Gasteiger partial charge on any atom is -0.464 e. The molecule has 1 amide bonds. The summed E-state index contributed by atoms with van der Waals surface area (Å²) in [6.07, 6.45) is 2.80. The minimum atomic E-state index is -4.03. The smallest absolute Gasteiger partial charge is 0.323 e. The lowest BCUT2D eigenvalue weighted by Gasteiger charge is -2.27. The highest BCUT2D eigenvalue weighted by atomic mass is 32.2. The fraction of sp³-hybridized carbons (Fsp3) is 0.533. The van der Waals surface area contributed by atoms with Crippen LogP contribution in [0.2, 0.25) is 0 Å². The highest BCUT2D eigenvalue weighted by Gasteiger charge is 2.26. The molecule has 0 aliphatic carbocycles. The van der Waals surface area contributed by atoms with Crippen molar-refractivity contribution in [1.82, 2.24) is 14.5 Å². The predicted molar refractivity (Wildman–Crippen MR) is 178 cm³/mol. The molecule has 0 radical (unpaired) electrons. The fourth-order valence-corrected chi connectivity index (χ4v) is 6.48.